The van der Waals surface area contributed by atoms with Crippen molar-refractivity contribution in [3.8, 4) is 0 Å². The lowest BCUT2D eigenvalue weighted by molar-refractivity contribution is -0.312. The van der Waals surface area contributed by atoms with Gasteiger partial charge in [-0.2, -0.15) is 0 Å². The number of cyclic esters (lactones) is 1. The van der Waals surface area contributed by atoms with Crippen molar-refractivity contribution in [1.29, 1.82) is 0 Å². The van der Waals surface area contributed by atoms with Gasteiger partial charge < -0.3 is 58.9 Å². The summed E-state index contributed by atoms with van der Waals surface area (Å²) in [6.07, 6.45) is -12.4. The minimum atomic E-state index is -2.76. The number of likely N-dealkylation sites (N-methyl/N-ethyl adjacent to an activating group) is 1. The molecule has 3 heterocycles. The summed E-state index contributed by atoms with van der Waals surface area (Å²) in [4.78, 5) is 29.5. The number of nitrogens with zero attached hydrogens (tertiary/aromatic N) is 1. The Bertz CT molecular complexity index is 1170. The molecule has 51 heavy (non-hydrogen) atoms. The molecule has 3 fully saturated rings. The van der Waals surface area contributed by atoms with Gasteiger partial charge in [-0.3, -0.25) is 9.59 Å². The molecule has 0 bridgehead atoms. The number of hydrogen-bond acceptors (Lipinski definition) is 14. The van der Waals surface area contributed by atoms with E-state index in [4.69, 9.17) is 28.4 Å². The monoisotopic (exact) mass is 737 g/mol. The number of methoxy groups -OCH3 is 1. The number of ketones is 1. The van der Waals surface area contributed by atoms with Crippen LogP contribution in [0.3, 0.4) is 0 Å². The molecule has 3 aliphatic heterocycles. The van der Waals surface area contributed by atoms with Crippen LogP contribution in [0.15, 0.2) is 0 Å². The molecule has 18 atom stereocenters. The molecule has 0 aromatic heterocycles. The first-order valence-electron chi connectivity index (χ1n) is 18.1. The van der Waals surface area contributed by atoms with Crippen molar-refractivity contribution in [1.82, 2.24) is 4.90 Å². The minimum Gasteiger partial charge on any atom is -0.459 e. The number of hydrogen-bond donors (Lipinski definition) is 5. The highest BCUT2D eigenvalue weighted by molar-refractivity contribution is 5.89. The average Bonchev–Trinajstić information content (AvgIpc) is 3.04. The Morgan fingerprint density at radius 1 is 0.922 bits per heavy atom. The number of aliphatic hydroxyl groups is 5. The molecular formula is C36H64FNO13. The van der Waals surface area contributed by atoms with E-state index in [1.54, 1.807) is 34.9 Å². The van der Waals surface area contributed by atoms with Gasteiger partial charge in [-0.05, 0) is 68.5 Å². The van der Waals surface area contributed by atoms with E-state index >= 15 is 4.39 Å². The van der Waals surface area contributed by atoms with Crippen LogP contribution in [-0.4, -0.2) is 154 Å². The van der Waals surface area contributed by atoms with Crippen molar-refractivity contribution >= 4 is 11.8 Å². The summed E-state index contributed by atoms with van der Waals surface area (Å²) >= 11 is 0. The molecule has 3 rings (SSSR count). The molecule has 14 nitrogen and oxygen atoms in total. The number of alkyl halides is 1. The maximum absolute atomic E-state index is 16.7. The Balaban J connectivity index is 2.20. The summed E-state index contributed by atoms with van der Waals surface area (Å²) in [5, 5.41) is 57.0. The maximum atomic E-state index is 16.7. The summed E-state index contributed by atoms with van der Waals surface area (Å²) in [7, 11) is 5.03. The highest BCUT2D eigenvalue weighted by atomic mass is 19.1. The lowest BCUT2D eigenvalue weighted by Gasteiger charge is -2.48. The van der Waals surface area contributed by atoms with Gasteiger partial charge >= 0.3 is 5.97 Å². The summed E-state index contributed by atoms with van der Waals surface area (Å²) in [6, 6.07) is -0.401. The molecule has 0 saturated carbocycles. The second-order valence-electron chi connectivity index (χ2n) is 16.0. The quantitative estimate of drug-likeness (QED) is 0.236. The second-order valence-corrected chi connectivity index (χ2v) is 16.0. The minimum absolute atomic E-state index is 0.0383. The topological polar surface area (TPSA) is 194 Å². The smallest absolute Gasteiger partial charge is 0.311 e. The Kier molecular flexibility index (Phi) is 14.7. The average molecular weight is 738 g/mol. The number of rotatable bonds is 7. The lowest BCUT2D eigenvalue weighted by atomic mass is 9.73. The van der Waals surface area contributed by atoms with Crippen LogP contribution in [0.2, 0.25) is 0 Å². The third-order valence-corrected chi connectivity index (χ3v) is 11.3. The number of carbonyl (C=O) groups is 2. The first-order valence-corrected chi connectivity index (χ1v) is 18.1. The van der Waals surface area contributed by atoms with Crippen LogP contribution in [0.5, 0.6) is 0 Å². The predicted molar refractivity (Wildman–Crippen MR) is 182 cm³/mol. The first-order chi connectivity index (χ1) is 23.4. The summed E-state index contributed by atoms with van der Waals surface area (Å²) < 4.78 is 53.0. The molecule has 0 aromatic rings. The molecule has 3 saturated heterocycles. The Morgan fingerprint density at radius 3 is 2.08 bits per heavy atom. The van der Waals surface area contributed by atoms with Crippen LogP contribution < -0.4 is 0 Å². The number of carbonyl (C=O) groups excluding carboxylic acids is 2. The standard InChI is InChI=1S/C36H64FNO13/c1-13-24-36(9,45)30(42)20(5)29(41)34(7,37)16-35(8,44)31(51-33-27(40)22(38(10)11)14-17(2)47-33)18(3)28(19(4)32(43)49-24)50-25-15-23(46-12)26(39)21(6)48-25/h17-28,30-31,33,39-40,42,44-45H,13-16H2,1-12H3/t17?,18?,19?,20-,21?,22?,23?,24?,25-,26-,27+,28?,30+,31+,33?,34-,35-,36?/m0/s1. The predicted octanol–water partition coefficient (Wildman–Crippen LogP) is 1.49. The molecule has 0 amide bonds. The maximum Gasteiger partial charge on any atom is 0.311 e. The van der Waals surface area contributed by atoms with Crippen molar-refractivity contribution in [3.63, 3.8) is 0 Å². The summed E-state index contributed by atoms with van der Waals surface area (Å²) in [5.41, 5.74) is -7.13. The van der Waals surface area contributed by atoms with Gasteiger partial charge in [-0.1, -0.05) is 20.8 Å². The van der Waals surface area contributed by atoms with Crippen molar-refractivity contribution in [3.05, 3.63) is 0 Å². The molecule has 5 N–H and O–H groups in total. The van der Waals surface area contributed by atoms with Gasteiger partial charge in [-0.15, -0.1) is 0 Å². The largest absolute Gasteiger partial charge is 0.459 e. The molecule has 0 aliphatic carbocycles. The van der Waals surface area contributed by atoms with Crippen molar-refractivity contribution in [2.75, 3.05) is 21.2 Å². The van der Waals surface area contributed by atoms with Gasteiger partial charge in [0.2, 0.25) is 0 Å². The van der Waals surface area contributed by atoms with Crippen molar-refractivity contribution < 1.29 is 67.9 Å². The fourth-order valence-electron chi connectivity index (χ4n) is 8.18. The number of esters is 1. The SMILES string of the molecule is CCC1OC(=O)C(C)C(O[C@H]2CC(OC)[C@@H](O)C(C)O2)C(C)[C@@H](OC2OC(C)CC(N(C)C)[C@H]2O)[C@@](C)(O)C[C@](C)(F)C(=O)[C@H](C)[C@@H](O)C1(C)O. The van der Waals surface area contributed by atoms with E-state index in [1.807, 2.05) is 11.8 Å². The van der Waals surface area contributed by atoms with Crippen molar-refractivity contribution in [2.45, 2.75) is 178 Å². The van der Waals surface area contributed by atoms with Gasteiger partial charge in [0.25, 0.3) is 0 Å². The van der Waals surface area contributed by atoms with Gasteiger partial charge in [0, 0.05) is 37.8 Å². The van der Waals surface area contributed by atoms with Crippen LogP contribution in [0, 0.1) is 17.8 Å². The summed E-state index contributed by atoms with van der Waals surface area (Å²) in [5.74, 6) is -5.58. The lowest BCUT2D eigenvalue weighted by Crippen LogP contribution is -2.62. The van der Waals surface area contributed by atoms with E-state index in [2.05, 4.69) is 0 Å². The number of Topliss-reactive ketones (excluding diaryl/α,β-unsaturated/α-hetero) is 1. The fraction of sp³-hybridized carbons (Fsp3) is 0.944. The van der Waals surface area contributed by atoms with Crippen molar-refractivity contribution in [2.24, 2.45) is 17.8 Å². The fourth-order valence-corrected chi connectivity index (χ4v) is 8.18. The first kappa shape index (κ1) is 44.0. The van der Waals surface area contributed by atoms with E-state index in [1.165, 1.54) is 34.8 Å². The second kappa shape index (κ2) is 17.0. The van der Waals surface area contributed by atoms with E-state index in [0.29, 0.717) is 6.42 Å². The van der Waals surface area contributed by atoms with Gasteiger partial charge in [0.15, 0.2) is 24.0 Å². The molecule has 0 radical (unpaired) electrons. The number of aliphatic hydroxyl groups excluding tert-OH is 3. The highest BCUT2D eigenvalue weighted by Crippen LogP contribution is 2.41. The molecule has 0 spiro atoms. The zero-order chi connectivity index (χ0) is 39.0. The van der Waals surface area contributed by atoms with E-state index in [0.717, 1.165) is 6.92 Å². The van der Waals surface area contributed by atoms with Gasteiger partial charge in [-0.25, -0.2) is 4.39 Å². The van der Waals surface area contributed by atoms with Crippen LogP contribution in [0.4, 0.5) is 4.39 Å². The zero-order valence-corrected chi connectivity index (χ0v) is 32.3. The van der Waals surface area contributed by atoms with E-state index < -0.39 is 120 Å². The highest BCUT2D eigenvalue weighted by Gasteiger charge is 2.55. The van der Waals surface area contributed by atoms with Crippen LogP contribution in [-0.2, 0) is 38.0 Å². The molecule has 298 valence electrons. The number of ether oxygens (including phenoxy) is 6. The third-order valence-electron chi connectivity index (χ3n) is 11.3. The normalized spacial score (nSPS) is 49.7. The molecule has 15 heteroatoms. The molecule has 0 aromatic carbocycles. The van der Waals surface area contributed by atoms with E-state index in [-0.39, 0.29) is 18.9 Å². The van der Waals surface area contributed by atoms with Crippen LogP contribution >= 0.6 is 0 Å². The Hall–Kier alpha value is -1.37. The van der Waals surface area contributed by atoms with E-state index in [9.17, 15) is 35.1 Å². The van der Waals surface area contributed by atoms with Gasteiger partial charge in [0.05, 0.1) is 48.1 Å². The molecular weight excluding hydrogens is 673 g/mol. The van der Waals surface area contributed by atoms with Gasteiger partial charge in [0.1, 0.15) is 23.9 Å². The third kappa shape index (κ3) is 9.66. The summed E-state index contributed by atoms with van der Waals surface area (Å²) in [6.45, 7) is 13.0. The zero-order valence-electron chi connectivity index (χ0n) is 32.3. The van der Waals surface area contributed by atoms with Crippen LogP contribution in [0.1, 0.15) is 88.0 Å². The van der Waals surface area contributed by atoms with Crippen LogP contribution in [0.25, 0.3) is 0 Å². The Morgan fingerprint density at radius 2 is 1.53 bits per heavy atom. The molecule has 10 unspecified atom stereocenters. The molecule has 3 aliphatic rings. The number of halogens is 1. The Labute approximate surface area is 301 Å².